The maximum atomic E-state index is 14.3. The number of alkyl halides is 12. The minimum absolute atomic E-state index is 0.0223. The molecule has 2 rings (SSSR count). The molecule has 1 spiro atoms. The van der Waals surface area contributed by atoms with Crippen molar-refractivity contribution in [3.8, 4) is 0 Å². The molecule has 38 heavy (non-hydrogen) atoms. The molecule has 9 nitrogen and oxygen atoms in total. The molecule has 0 aromatic heterocycles. The van der Waals surface area contributed by atoms with Crippen LogP contribution in [0.1, 0.15) is 0 Å². The van der Waals surface area contributed by atoms with Gasteiger partial charge in [0.05, 0.1) is 0 Å². The van der Waals surface area contributed by atoms with Crippen LogP contribution >= 0.6 is 7.51 Å². The van der Waals surface area contributed by atoms with Gasteiger partial charge in [-0.25, -0.2) is 0 Å². The number of amides is 4. The average molecular weight is 607 g/mol. The van der Waals surface area contributed by atoms with E-state index in [1.807, 2.05) is 0 Å². The van der Waals surface area contributed by atoms with Crippen LogP contribution in [-0.2, 0) is 9.05 Å². The number of rotatable bonds is 4. The number of carbonyl (C=O) groups is 2. The molecular formula is C16H22F12N5O4P. The van der Waals surface area contributed by atoms with E-state index in [1.54, 1.807) is 0 Å². The van der Waals surface area contributed by atoms with E-state index in [1.165, 1.54) is 19.0 Å². The first kappa shape index (κ1) is 32.4. The number of urea groups is 2. The molecule has 0 aromatic rings. The number of nitrogens with zero attached hydrogens (tertiary/aromatic N) is 5. The minimum atomic E-state index is -7.53. The first-order valence-electron chi connectivity index (χ1n) is 10.0. The van der Waals surface area contributed by atoms with E-state index in [0.29, 0.717) is 14.1 Å². The fraction of sp³-hybridized carbons (Fsp3) is 0.875. The van der Waals surface area contributed by atoms with Crippen LogP contribution in [0.3, 0.4) is 0 Å². The monoisotopic (exact) mass is 607 g/mol. The summed E-state index contributed by atoms with van der Waals surface area (Å²) < 4.78 is 180. The first-order chi connectivity index (χ1) is 16.6. The second-order valence-corrected chi connectivity index (χ2v) is 12.6. The maximum absolute atomic E-state index is 14.3. The summed E-state index contributed by atoms with van der Waals surface area (Å²) >= 11 is 0. The zero-order chi connectivity index (χ0) is 30.3. The molecule has 4 amide bonds. The summed E-state index contributed by atoms with van der Waals surface area (Å²) in [7, 11) is -3.29. The van der Waals surface area contributed by atoms with Crippen LogP contribution in [0, 0.1) is 0 Å². The number of likely N-dealkylation sites (N-methyl/N-ethyl adjacent to an activating group) is 2. The van der Waals surface area contributed by atoms with E-state index >= 15 is 0 Å². The number of hydrogen-bond donors (Lipinski definition) is 0. The third-order valence-electron chi connectivity index (χ3n) is 6.29. The Balaban J connectivity index is 3.32. The molecule has 0 atom stereocenters. The fourth-order valence-corrected chi connectivity index (χ4v) is 9.36. The normalized spacial score (nSPS) is 24.9. The van der Waals surface area contributed by atoms with Crippen LogP contribution < -0.4 is 0 Å². The van der Waals surface area contributed by atoms with Crippen molar-refractivity contribution in [3.63, 3.8) is 0 Å². The van der Waals surface area contributed by atoms with Gasteiger partial charge in [0.1, 0.15) is 0 Å². The molecule has 0 aromatic carbocycles. The van der Waals surface area contributed by atoms with Crippen molar-refractivity contribution in [2.45, 2.75) is 35.9 Å². The Kier molecular flexibility index (Phi) is 7.31. The van der Waals surface area contributed by atoms with Crippen LogP contribution in [0.4, 0.5) is 62.3 Å². The van der Waals surface area contributed by atoms with Crippen molar-refractivity contribution in [1.82, 2.24) is 23.8 Å². The number of imide groups is 1. The number of carbonyl (C=O) groups excluding carboxylic acids is 2. The fourth-order valence-electron chi connectivity index (χ4n) is 4.32. The molecule has 0 unspecified atom stereocenters. The first-order valence-corrected chi connectivity index (χ1v) is 11.9. The second-order valence-electron chi connectivity index (χ2n) is 8.72. The van der Waals surface area contributed by atoms with Crippen molar-refractivity contribution in [2.24, 2.45) is 0 Å². The zero-order valence-corrected chi connectivity index (χ0v) is 21.2. The quantitative estimate of drug-likeness (QED) is 0.348. The van der Waals surface area contributed by atoms with Gasteiger partial charge in [-0.3, -0.25) is 0 Å². The Morgan fingerprint density at radius 2 is 0.947 bits per heavy atom. The SMILES string of the molecule is CN(C)CCN(C)P12(OC(C(F)(F)F)(C(F)(F)F)C(C(F)(F)F)(C(F)(F)F)O1)N(C)C(=O)N(C)C(=O)N2C. The van der Waals surface area contributed by atoms with Crippen molar-refractivity contribution in [3.05, 3.63) is 0 Å². The Labute approximate surface area is 207 Å². The van der Waals surface area contributed by atoms with Gasteiger partial charge in [-0.2, -0.15) is 0 Å². The van der Waals surface area contributed by atoms with Gasteiger partial charge in [0, 0.05) is 0 Å². The summed E-state index contributed by atoms with van der Waals surface area (Å²) in [5, 5.41) is 0. The Morgan fingerprint density at radius 3 is 1.18 bits per heavy atom. The van der Waals surface area contributed by atoms with Crippen LogP contribution in [0.5, 0.6) is 0 Å². The third-order valence-corrected chi connectivity index (χ3v) is 11.2. The molecule has 2 heterocycles. The van der Waals surface area contributed by atoms with Crippen molar-refractivity contribution in [1.29, 1.82) is 0 Å². The molecule has 2 saturated heterocycles. The van der Waals surface area contributed by atoms with E-state index in [4.69, 9.17) is 0 Å². The van der Waals surface area contributed by atoms with E-state index in [9.17, 15) is 62.3 Å². The molecule has 0 N–H and O–H groups in total. The van der Waals surface area contributed by atoms with Crippen molar-refractivity contribution < 1.29 is 71.3 Å². The van der Waals surface area contributed by atoms with E-state index in [-0.39, 0.29) is 33.0 Å². The van der Waals surface area contributed by atoms with Crippen LogP contribution in [0.2, 0.25) is 0 Å². The van der Waals surface area contributed by atoms with Crippen molar-refractivity contribution in [2.75, 3.05) is 55.4 Å². The van der Waals surface area contributed by atoms with Gasteiger partial charge in [-0.15, -0.1) is 0 Å². The molecule has 0 aliphatic carbocycles. The second kappa shape index (κ2) is 8.58. The van der Waals surface area contributed by atoms with E-state index in [2.05, 4.69) is 9.05 Å². The molecule has 22 heteroatoms. The molecule has 2 fully saturated rings. The van der Waals surface area contributed by atoms with Gasteiger partial charge in [-0.05, 0) is 0 Å². The topological polar surface area (TPSA) is 68.8 Å². The average Bonchev–Trinajstić information content (AvgIpc) is 3.07. The number of hydrogen-bond acceptors (Lipinski definition) is 6. The third kappa shape index (κ3) is 3.60. The van der Waals surface area contributed by atoms with Gasteiger partial charge in [0.15, 0.2) is 0 Å². The molecule has 0 radical (unpaired) electrons. The molecule has 224 valence electrons. The number of halogens is 12. The standard InChI is InChI=1S/C16H22F12N5O4P/c1-29(2)7-8-30(3)38(32(5)9(34)31(4)10(35)33(38)6)36-11(13(17,18)19,14(20,21)22)12(37-38,15(23,24)25)16(26,27)28/h7-8H2,1-6H3. The van der Waals surface area contributed by atoms with Gasteiger partial charge in [-0.1, -0.05) is 0 Å². The summed E-state index contributed by atoms with van der Waals surface area (Å²) in [6.45, 7) is -1.38. The Hall–Kier alpha value is -1.83. The van der Waals surface area contributed by atoms with E-state index < -0.39 is 68.6 Å². The molecule has 2 aliphatic rings. The molecule has 0 bridgehead atoms. The van der Waals surface area contributed by atoms with Gasteiger partial charge in [0.2, 0.25) is 0 Å². The van der Waals surface area contributed by atoms with Gasteiger partial charge in [0.25, 0.3) is 0 Å². The molecular weight excluding hydrogens is 585 g/mol. The summed E-state index contributed by atoms with van der Waals surface area (Å²) in [4.78, 5) is 26.9. The molecule has 0 saturated carbocycles. The summed E-state index contributed by atoms with van der Waals surface area (Å²) in [5.74, 6) is 0. The molecule has 2 aliphatic heterocycles. The van der Waals surface area contributed by atoms with E-state index in [0.717, 1.165) is 0 Å². The van der Waals surface area contributed by atoms with Crippen LogP contribution in [0.15, 0.2) is 0 Å². The Morgan fingerprint density at radius 1 is 0.658 bits per heavy atom. The van der Waals surface area contributed by atoms with Crippen LogP contribution in [-0.4, -0.2) is 127 Å². The Bertz CT molecular complexity index is 888. The summed E-state index contributed by atoms with van der Waals surface area (Å²) in [6, 6.07) is -3.80. The van der Waals surface area contributed by atoms with Crippen molar-refractivity contribution >= 4 is 19.6 Å². The van der Waals surface area contributed by atoms with Gasteiger partial charge < -0.3 is 0 Å². The summed E-state index contributed by atoms with van der Waals surface area (Å²) in [5.41, 5.74) is -14.4. The summed E-state index contributed by atoms with van der Waals surface area (Å²) in [6.07, 6.45) is -30.1. The van der Waals surface area contributed by atoms with Crippen LogP contribution in [0.25, 0.3) is 0 Å². The predicted molar refractivity (Wildman–Crippen MR) is 104 cm³/mol. The zero-order valence-electron chi connectivity index (χ0n) is 20.3. The predicted octanol–water partition coefficient (Wildman–Crippen LogP) is 4.43. The van der Waals surface area contributed by atoms with Gasteiger partial charge >= 0.3 is 206 Å².